The van der Waals surface area contributed by atoms with Gasteiger partial charge in [-0.1, -0.05) is 30.9 Å². The second kappa shape index (κ2) is 12.2. The van der Waals surface area contributed by atoms with Crippen LogP contribution in [0.15, 0.2) is 60.7 Å². The van der Waals surface area contributed by atoms with Crippen LogP contribution in [-0.2, 0) is 9.53 Å². The normalized spacial score (nSPS) is 10.7. The summed E-state index contributed by atoms with van der Waals surface area (Å²) in [6, 6.07) is 14.2. The summed E-state index contributed by atoms with van der Waals surface area (Å²) in [6.07, 6.45) is 7.60. The Hall–Kier alpha value is -3.41. The molecule has 0 bridgehead atoms. The van der Waals surface area contributed by atoms with Crippen LogP contribution < -0.4 is 4.74 Å². The lowest BCUT2D eigenvalue weighted by molar-refractivity contribution is -0.384. The number of nitrogens with zero attached hydrogens (tertiary/aromatic N) is 1. The Morgan fingerprint density at radius 1 is 1.00 bits per heavy atom. The SMILES string of the molecule is C=C(C)C(=O)OCCCCCCOc1cccc(/C=C/c2ccc([N+](=O)[O-])cc2)c1. The van der Waals surface area contributed by atoms with E-state index in [2.05, 4.69) is 6.58 Å². The number of esters is 1. The van der Waals surface area contributed by atoms with E-state index in [9.17, 15) is 14.9 Å². The number of hydrogen-bond donors (Lipinski definition) is 0. The molecule has 0 aliphatic heterocycles. The van der Waals surface area contributed by atoms with Crippen LogP contribution in [0.1, 0.15) is 43.7 Å². The Labute approximate surface area is 177 Å². The van der Waals surface area contributed by atoms with Gasteiger partial charge in [0.25, 0.3) is 5.69 Å². The minimum Gasteiger partial charge on any atom is -0.494 e. The highest BCUT2D eigenvalue weighted by molar-refractivity contribution is 5.86. The number of non-ortho nitro benzene ring substituents is 1. The number of carbonyl (C=O) groups excluding carboxylic acids is 1. The van der Waals surface area contributed by atoms with Crippen LogP contribution in [0.3, 0.4) is 0 Å². The van der Waals surface area contributed by atoms with Gasteiger partial charge in [0.05, 0.1) is 18.1 Å². The Kier molecular flexibility index (Phi) is 9.31. The molecular weight excluding hydrogens is 382 g/mol. The molecule has 0 spiro atoms. The standard InChI is InChI=1S/C24H27NO5/c1-19(2)24(26)30-17-6-4-3-5-16-29-23-9-7-8-21(18-23)11-10-20-12-14-22(15-13-20)25(27)28/h7-15,18H,1,3-6,16-17H2,2H3/b11-10+. The highest BCUT2D eigenvalue weighted by Gasteiger charge is 2.03. The first-order valence-electron chi connectivity index (χ1n) is 9.94. The van der Waals surface area contributed by atoms with E-state index < -0.39 is 4.92 Å². The molecular formula is C24H27NO5. The fraction of sp³-hybridized carbons (Fsp3) is 0.292. The van der Waals surface area contributed by atoms with Crippen molar-refractivity contribution in [2.75, 3.05) is 13.2 Å². The summed E-state index contributed by atoms with van der Waals surface area (Å²) in [5.74, 6) is 0.470. The van der Waals surface area contributed by atoms with Gasteiger partial charge >= 0.3 is 5.97 Å². The first-order chi connectivity index (χ1) is 14.5. The van der Waals surface area contributed by atoms with Crippen molar-refractivity contribution in [2.24, 2.45) is 0 Å². The lowest BCUT2D eigenvalue weighted by atomic mass is 10.1. The van der Waals surface area contributed by atoms with Crippen LogP contribution in [0.25, 0.3) is 12.2 Å². The van der Waals surface area contributed by atoms with E-state index >= 15 is 0 Å². The number of carbonyl (C=O) groups is 1. The summed E-state index contributed by atoms with van der Waals surface area (Å²) in [4.78, 5) is 21.5. The summed E-state index contributed by atoms with van der Waals surface area (Å²) in [5, 5.41) is 10.7. The molecule has 0 aliphatic rings. The van der Waals surface area contributed by atoms with Crippen molar-refractivity contribution in [2.45, 2.75) is 32.6 Å². The van der Waals surface area contributed by atoms with Crippen LogP contribution >= 0.6 is 0 Å². The molecule has 30 heavy (non-hydrogen) atoms. The first-order valence-corrected chi connectivity index (χ1v) is 9.94. The van der Waals surface area contributed by atoms with Gasteiger partial charge in [0.15, 0.2) is 0 Å². The van der Waals surface area contributed by atoms with Gasteiger partial charge < -0.3 is 9.47 Å². The third kappa shape index (κ3) is 8.31. The van der Waals surface area contributed by atoms with Crippen molar-refractivity contribution < 1.29 is 19.2 Å². The van der Waals surface area contributed by atoms with Crippen LogP contribution in [0.4, 0.5) is 5.69 Å². The van der Waals surface area contributed by atoms with E-state index in [-0.39, 0.29) is 11.7 Å². The summed E-state index contributed by atoms with van der Waals surface area (Å²) in [6.45, 7) is 6.24. The molecule has 6 nitrogen and oxygen atoms in total. The largest absolute Gasteiger partial charge is 0.494 e. The highest BCUT2D eigenvalue weighted by Crippen LogP contribution is 2.18. The lowest BCUT2D eigenvalue weighted by Gasteiger charge is -2.07. The molecule has 0 atom stereocenters. The zero-order chi connectivity index (χ0) is 21.8. The van der Waals surface area contributed by atoms with Crippen molar-refractivity contribution in [1.29, 1.82) is 0 Å². The smallest absolute Gasteiger partial charge is 0.333 e. The number of unbranched alkanes of at least 4 members (excludes halogenated alkanes) is 3. The zero-order valence-corrected chi connectivity index (χ0v) is 17.2. The monoisotopic (exact) mass is 409 g/mol. The maximum atomic E-state index is 11.3. The Balaban J connectivity index is 1.69. The summed E-state index contributed by atoms with van der Waals surface area (Å²) in [5.41, 5.74) is 2.38. The molecule has 0 amide bonds. The van der Waals surface area contributed by atoms with Crippen LogP contribution in [0.2, 0.25) is 0 Å². The maximum absolute atomic E-state index is 11.3. The molecule has 158 valence electrons. The first kappa shape index (κ1) is 22.9. The molecule has 6 heteroatoms. The quantitative estimate of drug-likeness (QED) is 0.110. The molecule has 2 rings (SSSR count). The van der Waals surface area contributed by atoms with Crippen molar-refractivity contribution in [1.82, 2.24) is 0 Å². The number of ether oxygens (including phenoxy) is 2. The van der Waals surface area contributed by atoms with Crippen molar-refractivity contribution >= 4 is 23.8 Å². The van der Waals surface area contributed by atoms with Gasteiger partial charge in [0.1, 0.15) is 5.75 Å². The number of benzene rings is 2. The number of rotatable bonds is 12. The van der Waals surface area contributed by atoms with Crippen molar-refractivity contribution in [3.63, 3.8) is 0 Å². The second-order valence-electron chi connectivity index (χ2n) is 6.93. The van der Waals surface area contributed by atoms with Crippen LogP contribution in [0.5, 0.6) is 5.75 Å². The number of hydrogen-bond acceptors (Lipinski definition) is 5. The molecule has 0 fully saturated rings. The zero-order valence-electron chi connectivity index (χ0n) is 17.2. The van der Waals surface area contributed by atoms with E-state index in [1.165, 1.54) is 12.1 Å². The van der Waals surface area contributed by atoms with E-state index in [4.69, 9.17) is 9.47 Å². The second-order valence-corrected chi connectivity index (χ2v) is 6.93. The molecule has 0 unspecified atom stereocenters. The van der Waals surface area contributed by atoms with Crippen LogP contribution in [0, 0.1) is 10.1 Å². The molecule has 0 radical (unpaired) electrons. The summed E-state index contributed by atoms with van der Waals surface area (Å²) >= 11 is 0. The third-order valence-electron chi connectivity index (χ3n) is 4.32. The summed E-state index contributed by atoms with van der Waals surface area (Å²) in [7, 11) is 0. The van der Waals surface area contributed by atoms with Gasteiger partial charge in [0.2, 0.25) is 0 Å². The van der Waals surface area contributed by atoms with Gasteiger partial charge in [-0.2, -0.15) is 0 Å². The van der Waals surface area contributed by atoms with Gasteiger partial charge in [-0.05, 0) is 68.0 Å². The minimum absolute atomic E-state index is 0.0791. The maximum Gasteiger partial charge on any atom is 0.333 e. The molecule has 0 saturated carbocycles. The lowest BCUT2D eigenvalue weighted by Crippen LogP contribution is -2.06. The van der Waals surface area contributed by atoms with Gasteiger partial charge in [0, 0.05) is 17.7 Å². The predicted octanol–water partition coefficient (Wildman–Crippen LogP) is 5.82. The van der Waals surface area contributed by atoms with E-state index in [1.807, 2.05) is 36.4 Å². The Morgan fingerprint density at radius 3 is 2.33 bits per heavy atom. The molecule has 2 aromatic rings. The molecule has 0 N–H and O–H groups in total. The Morgan fingerprint density at radius 2 is 1.67 bits per heavy atom. The minimum atomic E-state index is -0.410. The third-order valence-corrected chi connectivity index (χ3v) is 4.32. The average Bonchev–Trinajstić information content (AvgIpc) is 2.74. The predicted molar refractivity (Wildman–Crippen MR) is 118 cm³/mol. The van der Waals surface area contributed by atoms with Gasteiger partial charge in [-0.3, -0.25) is 10.1 Å². The van der Waals surface area contributed by atoms with Crippen LogP contribution in [-0.4, -0.2) is 24.1 Å². The average molecular weight is 409 g/mol. The van der Waals surface area contributed by atoms with E-state index in [0.717, 1.165) is 42.6 Å². The molecule has 2 aromatic carbocycles. The fourth-order valence-electron chi connectivity index (χ4n) is 2.64. The molecule has 0 aromatic heterocycles. The topological polar surface area (TPSA) is 78.7 Å². The van der Waals surface area contributed by atoms with Gasteiger partial charge in [-0.25, -0.2) is 4.79 Å². The van der Waals surface area contributed by atoms with Crippen molar-refractivity contribution in [3.8, 4) is 5.75 Å². The fourth-order valence-corrected chi connectivity index (χ4v) is 2.64. The Bertz CT molecular complexity index is 887. The van der Waals surface area contributed by atoms with Crippen molar-refractivity contribution in [3.05, 3.63) is 81.9 Å². The van der Waals surface area contributed by atoms with Gasteiger partial charge in [-0.15, -0.1) is 0 Å². The van der Waals surface area contributed by atoms with E-state index in [1.54, 1.807) is 19.1 Å². The highest BCUT2D eigenvalue weighted by atomic mass is 16.6. The number of nitro groups is 1. The molecule has 0 saturated heterocycles. The molecule has 0 heterocycles. The summed E-state index contributed by atoms with van der Waals surface area (Å²) < 4.78 is 10.9. The van der Waals surface area contributed by atoms with E-state index in [0.29, 0.717) is 18.8 Å². The number of nitro benzene ring substituents is 1. The molecule has 0 aliphatic carbocycles.